The van der Waals surface area contributed by atoms with Crippen LogP contribution in [0.5, 0.6) is 6.01 Å². The first-order chi connectivity index (χ1) is 12.7. The van der Waals surface area contributed by atoms with Gasteiger partial charge in [-0.05, 0) is 44.1 Å². The molecule has 0 saturated carbocycles. The lowest BCUT2D eigenvalue weighted by molar-refractivity contribution is 0.0506. The summed E-state index contributed by atoms with van der Waals surface area (Å²) in [4.78, 5) is 23.3. The van der Waals surface area contributed by atoms with E-state index in [2.05, 4.69) is 22.0 Å². The molecule has 138 valence electrons. The Balaban J connectivity index is 1.42. The molecule has 0 bridgehead atoms. The van der Waals surface area contributed by atoms with Crippen LogP contribution < -0.4 is 4.74 Å². The van der Waals surface area contributed by atoms with Crippen molar-refractivity contribution >= 4 is 5.91 Å². The molecule has 2 aromatic heterocycles. The third-order valence-corrected chi connectivity index (χ3v) is 5.18. The largest absolute Gasteiger partial charge is 0.458 e. The van der Waals surface area contributed by atoms with Gasteiger partial charge in [0, 0.05) is 30.9 Å². The molecule has 7 nitrogen and oxygen atoms in total. The highest BCUT2D eigenvalue weighted by molar-refractivity contribution is 5.94. The highest BCUT2D eigenvalue weighted by Gasteiger charge is 2.31. The summed E-state index contributed by atoms with van der Waals surface area (Å²) in [5.41, 5.74) is 2.57. The van der Waals surface area contributed by atoms with Crippen LogP contribution in [0, 0.1) is 0 Å². The van der Waals surface area contributed by atoms with Crippen LogP contribution in [0.4, 0.5) is 0 Å². The molecular weight excluding hydrogens is 332 g/mol. The van der Waals surface area contributed by atoms with Crippen LogP contribution in [-0.2, 0) is 19.3 Å². The molecule has 1 aliphatic heterocycles. The third-order valence-electron chi connectivity index (χ3n) is 5.18. The monoisotopic (exact) mass is 356 g/mol. The molecule has 0 radical (unpaired) electrons. The van der Waals surface area contributed by atoms with E-state index in [0.29, 0.717) is 18.2 Å². The van der Waals surface area contributed by atoms with Crippen molar-refractivity contribution in [2.24, 2.45) is 0 Å². The van der Waals surface area contributed by atoms with Gasteiger partial charge < -0.3 is 14.2 Å². The van der Waals surface area contributed by atoms with Crippen LogP contribution in [0.3, 0.4) is 0 Å². The lowest BCUT2D eigenvalue weighted by Gasteiger charge is -2.32. The second kappa shape index (κ2) is 7.43. The zero-order valence-corrected chi connectivity index (χ0v) is 15.1. The molecule has 1 atom stereocenters. The molecule has 7 heteroatoms. The maximum absolute atomic E-state index is 12.9. The average molecular weight is 356 g/mol. The van der Waals surface area contributed by atoms with Crippen LogP contribution in [0.1, 0.15) is 60.0 Å². The minimum Gasteiger partial charge on any atom is -0.458 e. The summed E-state index contributed by atoms with van der Waals surface area (Å²) in [5.74, 6) is 0.835. The highest BCUT2D eigenvalue weighted by Crippen LogP contribution is 2.26. The fourth-order valence-electron chi connectivity index (χ4n) is 3.66. The molecule has 3 heterocycles. The van der Waals surface area contributed by atoms with E-state index in [-0.39, 0.29) is 12.0 Å². The Morgan fingerprint density at radius 1 is 1.27 bits per heavy atom. The van der Waals surface area contributed by atoms with Gasteiger partial charge >= 0.3 is 6.01 Å². The molecule has 1 saturated heterocycles. The standard InChI is InChI=1S/C19H24N4O3/c1-2-13-10-20-19(21-11-13)25-14-6-5-9-23(12-14)18(24)17-15-7-3-4-8-16(15)26-22-17/h10-11,14H,2-9,12H2,1H3. The summed E-state index contributed by atoms with van der Waals surface area (Å²) in [6, 6.07) is 0.375. The Labute approximate surface area is 152 Å². The predicted octanol–water partition coefficient (Wildman–Crippen LogP) is 2.59. The maximum Gasteiger partial charge on any atom is 0.316 e. The Morgan fingerprint density at radius 3 is 2.88 bits per heavy atom. The number of hydrogen-bond acceptors (Lipinski definition) is 6. The third kappa shape index (κ3) is 3.43. The zero-order chi connectivity index (χ0) is 17.9. The number of carbonyl (C=O) groups excluding carboxylic acids is 1. The Kier molecular flexibility index (Phi) is 4.86. The van der Waals surface area contributed by atoms with E-state index in [4.69, 9.17) is 9.26 Å². The number of ether oxygens (including phenoxy) is 1. The van der Waals surface area contributed by atoms with Crippen molar-refractivity contribution < 1.29 is 14.1 Å². The Morgan fingerprint density at radius 2 is 2.08 bits per heavy atom. The lowest BCUT2D eigenvalue weighted by Crippen LogP contribution is -2.45. The van der Waals surface area contributed by atoms with Crippen molar-refractivity contribution in [2.45, 2.75) is 58.0 Å². The quantitative estimate of drug-likeness (QED) is 0.837. The predicted molar refractivity (Wildman–Crippen MR) is 94.1 cm³/mol. The summed E-state index contributed by atoms with van der Waals surface area (Å²) in [7, 11) is 0. The molecule has 1 unspecified atom stereocenters. The van der Waals surface area contributed by atoms with Crippen LogP contribution in [0.25, 0.3) is 0 Å². The normalized spacial score (nSPS) is 19.9. The van der Waals surface area contributed by atoms with E-state index in [1.807, 2.05) is 4.90 Å². The van der Waals surface area contributed by atoms with Crippen molar-refractivity contribution in [3.63, 3.8) is 0 Å². The second-order valence-corrected chi connectivity index (χ2v) is 7.00. The first-order valence-corrected chi connectivity index (χ1v) is 9.49. The number of aryl methyl sites for hydroxylation is 2. The molecule has 1 aliphatic carbocycles. The van der Waals surface area contributed by atoms with Crippen molar-refractivity contribution in [2.75, 3.05) is 13.1 Å². The van der Waals surface area contributed by atoms with E-state index in [1.165, 1.54) is 0 Å². The minimum atomic E-state index is -0.0945. The summed E-state index contributed by atoms with van der Waals surface area (Å²) in [6.45, 7) is 3.31. The molecule has 0 N–H and O–H groups in total. The number of carbonyl (C=O) groups is 1. The molecule has 26 heavy (non-hydrogen) atoms. The molecule has 2 aliphatic rings. The van der Waals surface area contributed by atoms with Crippen molar-refractivity contribution in [3.8, 4) is 6.01 Å². The molecule has 4 rings (SSSR count). The van der Waals surface area contributed by atoms with Gasteiger partial charge in [-0.2, -0.15) is 0 Å². The minimum absolute atomic E-state index is 0.0487. The Bertz CT molecular complexity index is 772. The second-order valence-electron chi connectivity index (χ2n) is 7.00. The van der Waals surface area contributed by atoms with Gasteiger partial charge in [0.25, 0.3) is 5.91 Å². The summed E-state index contributed by atoms with van der Waals surface area (Å²) in [5, 5.41) is 4.07. The number of aromatic nitrogens is 3. The number of fused-ring (bicyclic) bond motifs is 1. The number of nitrogens with zero attached hydrogens (tertiary/aromatic N) is 4. The number of piperidine rings is 1. The molecule has 0 spiro atoms. The fourth-order valence-corrected chi connectivity index (χ4v) is 3.66. The first kappa shape index (κ1) is 17.0. The molecular formula is C19H24N4O3. The zero-order valence-electron chi connectivity index (χ0n) is 15.1. The van der Waals surface area contributed by atoms with Gasteiger partial charge in [-0.25, -0.2) is 9.97 Å². The summed E-state index contributed by atoms with van der Waals surface area (Å²) in [6.07, 6.45) is 10.1. The van der Waals surface area contributed by atoms with Gasteiger partial charge in [0.2, 0.25) is 0 Å². The van der Waals surface area contributed by atoms with Gasteiger partial charge in [-0.3, -0.25) is 4.79 Å². The topological polar surface area (TPSA) is 81.4 Å². The molecule has 2 aromatic rings. The van der Waals surface area contributed by atoms with Gasteiger partial charge in [-0.15, -0.1) is 0 Å². The van der Waals surface area contributed by atoms with Crippen molar-refractivity contribution in [3.05, 3.63) is 35.0 Å². The lowest BCUT2D eigenvalue weighted by atomic mass is 9.96. The SMILES string of the molecule is CCc1cnc(OC2CCCN(C(=O)c3noc4c3CCCC4)C2)nc1. The fraction of sp³-hybridized carbons (Fsp3) is 0.579. The summed E-state index contributed by atoms with van der Waals surface area (Å²) >= 11 is 0. The van der Waals surface area contributed by atoms with Gasteiger partial charge in [0.15, 0.2) is 5.69 Å². The molecule has 0 aromatic carbocycles. The van der Waals surface area contributed by atoms with Crippen molar-refractivity contribution in [1.82, 2.24) is 20.0 Å². The van der Waals surface area contributed by atoms with Crippen LogP contribution in [0.15, 0.2) is 16.9 Å². The molecule has 1 fully saturated rings. The van der Waals surface area contributed by atoms with E-state index >= 15 is 0 Å². The number of likely N-dealkylation sites (tertiary alicyclic amines) is 1. The highest BCUT2D eigenvalue weighted by atomic mass is 16.5. The first-order valence-electron chi connectivity index (χ1n) is 9.49. The van der Waals surface area contributed by atoms with Crippen LogP contribution in [-0.4, -0.2) is 45.1 Å². The Hall–Kier alpha value is -2.44. The van der Waals surface area contributed by atoms with E-state index in [0.717, 1.165) is 68.4 Å². The molecule has 1 amide bonds. The van der Waals surface area contributed by atoms with Crippen molar-refractivity contribution in [1.29, 1.82) is 0 Å². The van der Waals surface area contributed by atoms with E-state index in [1.54, 1.807) is 12.4 Å². The maximum atomic E-state index is 12.9. The van der Waals surface area contributed by atoms with Gasteiger partial charge in [-0.1, -0.05) is 12.1 Å². The average Bonchev–Trinajstić information content (AvgIpc) is 3.12. The number of amides is 1. The van der Waals surface area contributed by atoms with E-state index in [9.17, 15) is 4.79 Å². The van der Waals surface area contributed by atoms with E-state index < -0.39 is 0 Å². The number of hydrogen-bond donors (Lipinski definition) is 0. The van der Waals surface area contributed by atoms with Gasteiger partial charge in [0.05, 0.1) is 6.54 Å². The van der Waals surface area contributed by atoms with Crippen LogP contribution in [0.2, 0.25) is 0 Å². The number of rotatable bonds is 4. The van der Waals surface area contributed by atoms with Gasteiger partial charge in [0.1, 0.15) is 11.9 Å². The smallest absolute Gasteiger partial charge is 0.316 e. The van der Waals surface area contributed by atoms with Crippen LogP contribution >= 0.6 is 0 Å². The summed E-state index contributed by atoms with van der Waals surface area (Å²) < 4.78 is 11.3.